The summed E-state index contributed by atoms with van der Waals surface area (Å²) >= 11 is 0. The molecule has 1 fully saturated rings. The Morgan fingerprint density at radius 3 is 2.91 bits per heavy atom. The number of amides is 1. The molecule has 1 amide bonds. The fourth-order valence-electron chi connectivity index (χ4n) is 2.26. The van der Waals surface area contributed by atoms with Crippen molar-refractivity contribution in [3.63, 3.8) is 0 Å². The Labute approximate surface area is 128 Å². The highest BCUT2D eigenvalue weighted by Crippen LogP contribution is 2.15. The number of hydrogen-bond donors (Lipinski definition) is 2. The van der Waals surface area contributed by atoms with Crippen molar-refractivity contribution in [2.45, 2.75) is 45.4 Å². The standard InChI is InChI=1S/C15H21NO6/c1-9-13(15(18)19)6-12(22-9)7-16-14(17)10(2)21-8-11-4-3-5-20-11/h6,10-11H,3-5,7-8H2,1-2H3,(H,16,17)(H,18,19). The number of ether oxygens (including phenoxy) is 2. The number of aromatic carboxylic acids is 1. The summed E-state index contributed by atoms with van der Waals surface area (Å²) in [6.07, 6.45) is 1.45. The Balaban J connectivity index is 1.76. The van der Waals surface area contributed by atoms with Crippen molar-refractivity contribution < 1.29 is 28.6 Å². The van der Waals surface area contributed by atoms with Gasteiger partial charge in [0.2, 0.25) is 5.91 Å². The van der Waals surface area contributed by atoms with E-state index in [9.17, 15) is 9.59 Å². The molecule has 122 valence electrons. The summed E-state index contributed by atoms with van der Waals surface area (Å²) in [6.45, 7) is 4.51. The molecule has 0 radical (unpaired) electrons. The summed E-state index contributed by atoms with van der Waals surface area (Å²) in [5.41, 5.74) is 0.104. The van der Waals surface area contributed by atoms with Crippen molar-refractivity contribution in [3.8, 4) is 0 Å². The number of aryl methyl sites for hydroxylation is 1. The number of carboxylic acids is 1. The zero-order valence-corrected chi connectivity index (χ0v) is 12.8. The fourth-order valence-corrected chi connectivity index (χ4v) is 2.26. The van der Waals surface area contributed by atoms with Gasteiger partial charge in [-0.05, 0) is 32.8 Å². The van der Waals surface area contributed by atoms with E-state index in [0.717, 1.165) is 19.4 Å². The monoisotopic (exact) mass is 311 g/mol. The van der Waals surface area contributed by atoms with E-state index in [-0.39, 0.29) is 24.1 Å². The molecular formula is C15H21NO6. The average Bonchev–Trinajstić information content (AvgIpc) is 3.11. The second kappa shape index (κ2) is 7.42. The van der Waals surface area contributed by atoms with Crippen LogP contribution in [-0.2, 0) is 20.8 Å². The summed E-state index contributed by atoms with van der Waals surface area (Å²) in [4.78, 5) is 22.8. The third kappa shape index (κ3) is 4.32. The third-order valence-electron chi connectivity index (χ3n) is 3.56. The number of carbonyl (C=O) groups is 2. The predicted octanol–water partition coefficient (Wildman–Crippen LogP) is 1.49. The molecule has 7 nitrogen and oxygen atoms in total. The molecule has 0 bridgehead atoms. The van der Waals surface area contributed by atoms with Crippen LogP contribution in [-0.4, -0.2) is 42.4 Å². The highest BCUT2D eigenvalue weighted by molar-refractivity contribution is 5.88. The quantitative estimate of drug-likeness (QED) is 0.791. The first-order valence-corrected chi connectivity index (χ1v) is 7.31. The van der Waals surface area contributed by atoms with Crippen molar-refractivity contribution in [3.05, 3.63) is 23.2 Å². The molecule has 2 unspecified atom stereocenters. The average molecular weight is 311 g/mol. The molecule has 22 heavy (non-hydrogen) atoms. The van der Waals surface area contributed by atoms with Crippen molar-refractivity contribution in [1.29, 1.82) is 0 Å². The summed E-state index contributed by atoms with van der Waals surface area (Å²) in [7, 11) is 0. The molecule has 0 saturated carbocycles. The topological polar surface area (TPSA) is 98.0 Å². The largest absolute Gasteiger partial charge is 0.478 e. The maximum atomic E-state index is 11.9. The minimum Gasteiger partial charge on any atom is -0.478 e. The summed E-state index contributed by atoms with van der Waals surface area (Å²) < 4.78 is 16.2. The highest BCUT2D eigenvalue weighted by atomic mass is 16.5. The van der Waals surface area contributed by atoms with Gasteiger partial charge in [0.25, 0.3) is 0 Å². The zero-order valence-electron chi connectivity index (χ0n) is 12.8. The summed E-state index contributed by atoms with van der Waals surface area (Å²) in [6, 6.07) is 1.41. The lowest BCUT2D eigenvalue weighted by atomic mass is 10.2. The molecular weight excluding hydrogens is 290 g/mol. The van der Waals surface area contributed by atoms with Crippen molar-refractivity contribution in [1.82, 2.24) is 5.32 Å². The number of carboxylic acid groups (broad SMARTS) is 1. The van der Waals surface area contributed by atoms with Crippen LogP contribution in [0, 0.1) is 6.92 Å². The van der Waals surface area contributed by atoms with Crippen LogP contribution in [0.5, 0.6) is 0 Å². The van der Waals surface area contributed by atoms with Gasteiger partial charge >= 0.3 is 5.97 Å². The van der Waals surface area contributed by atoms with Crippen molar-refractivity contribution >= 4 is 11.9 Å². The molecule has 1 aromatic rings. The van der Waals surface area contributed by atoms with E-state index in [2.05, 4.69) is 5.32 Å². The Morgan fingerprint density at radius 2 is 2.32 bits per heavy atom. The predicted molar refractivity (Wildman–Crippen MR) is 76.6 cm³/mol. The van der Waals surface area contributed by atoms with Crippen molar-refractivity contribution in [2.24, 2.45) is 0 Å². The van der Waals surface area contributed by atoms with Crippen molar-refractivity contribution in [2.75, 3.05) is 13.2 Å². The minimum absolute atomic E-state index is 0.0705. The second-order valence-electron chi connectivity index (χ2n) is 5.32. The summed E-state index contributed by atoms with van der Waals surface area (Å²) in [5.74, 6) is -0.606. The smallest absolute Gasteiger partial charge is 0.339 e. The Kier molecular flexibility index (Phi) is 5.57. The van der Waals surface area contributed by atoms with Crippen LogP contribution in [0.2, 0.25) is 0 Å². The molecule has 0 aromatic carbocycles. The van der Waals surface area contributed by atoms with E-state index < -0.39 is 12.1 Å². The van der Waals surface area contributed by atoms with Crippen LogP contribution in [0.15, 0.2) is 10.5 Å². The van der Waals surface area contributed by atoms with Gasteiger partial charge in [-0.15, -0.1) is 0 Å². The molecule has 1 saturated heterocycles. The van der Waals surface area contributed by atoms with Gasteiger partial charge in [0.15, 0.2) is 0 Å². The van der Waals surface area contributed by atoms with Crippen LogP contribution in [0.3, 0.4) is 0 Å². The van der Waals surface area contributed by atoms with Gasteiger partial charge in [-0.2, -0.15) is 0 Å². The molecule has 2 atom stereocenters. The maximum absolute atomic E-state index is 11.9. The molecule has 2 N–H and O–H groups in total. The van der Waals surface area contributed by atoms with Crippen LogP contribution in [0.1, 0.15) is 41.6 Å². The molecule has 2 heterocycles. The number of carbonyl (C=O) groups excluding carboxylic acids is 1. The van der Waals surface area contributed by atoms with Gasteiger partial charge in [0, 0.05) is 6.61 Å². The Bertz CT molecular complexity index is 532. The fraction of sp³-hybridized carbons (Fsp3) is 0.600. The van der Waals surface area contributed by atoms with Gasteiger partial charge in [-0.25, -0.2) is 4.79 Å². The first kappa shape index (κ1) is 16.5. The lowest BCUT2D eigenvalue weighted by Gasteiger charge is -2.15. The first-order valence-electron chi connectivity index (χ1n) is 7.31. The van der Waals surface area contributed by atoms with Crippen LogP contribution < -0.4 is 5.32 Å². The van der Waals surface area contributed by atoms with Gasteiger partial charge in [0.05, 0.1) is 19.3 Å². The highest BCUT2D eigenvalue weighted by Gasteiger charge is 2.20. The van der Waals surface area contributed by atoms with E-state index in [0.29, 0.717) is 18.1 Å². The second-order valence-corrected chi connectivity index (χ2v) is 5.32. The molecule has 1 aliphatic heterocycles. The molecule has 0 aliphatic carbocycles. The lowest BCUT2D eigenvalue weighted by molar-refractivity contribution is -0.134. The molecule has 1 aliphatic rings. The SMILES string of the molecule is Cc1oc(CNC(=O)C(C)OCC2CCCO2)cc1C(=O)O. The molecule has 7 heteroatoms. The number of nitrogens with one attached hydrogen (secondary N) is 1. The van der Waals surface area contributed by atoms with E-state index in [1.165, 1.54) is 6.07 Å². The number of furan rings is 1. The zero-order chi connectivity index (χ0) is 16.1. The minimum atomic E-state index is -1.05. The van der Waals surface area contributed by atoms with E-state index in [1.807, 2.05) is 0 Å². The van der Waals surface area contributed by atoms with Gasteiger partial charge in [-0.3, -0.25) is 4.79 Å². The van der Waals surface area contributed by atoms with Crippen LogP contribution in [0.25, 0.3) is 0 Å². The lowest BCUT2D eigenvalue weighted by Crippen LogP contribution is -2.35. The number of rotatable bonds is 7. The normalized spacial score (nSPS) is 19.1. The first-order chi connectivity index (χ1) is 10.5. The van der Waals surface area contributed by atoms with Crippen LogP contribution in [0.4, 0.5) is 0 Å². The van der Waals surface area contributed by atoms with E-state index in [1.54, 1.807) is 13.8 Å². The maximum Gasteiger partial charge on any atom is 0.339 e. The van der Waals surface area contributed by atoms with Gasteiger partial charge < -0.3 is 24.3 Å². The van der Waals surface area contributed by atoms with E-state index in [4.69, 9.17) is 19.0 Å². The van der Waals surface area contributed by atoms with Gasteiger partial charge in [0.1, 0.15) is 23.2 Å². The Morgan fingerprint density at radius 1 is 1.55 bits per heavy atom. The molecule has 1 aromatic heterocycles. The molecule has 0 spiro atoms. The van der Waals surface area contributed by atoms with Crippen LogP contribution >= 0.6 is 0 Å². The summed E-state index contributed by atoms with van der Waals surface area (Å²) in [5, 5.41) is 11.6. The Hall–Kier alpha value is -1.86. The van der Waals surface area contributed by atoms with E-state index >= 15 is 0 Å². The number of hydrogen-bond acceptors (Lipinski definition) is 5. The third-order valence-corrected chi connectivity index (χ3v) is 3.56. The van der Waals surface area contributed by atoms with Gasteiger partial charge in [-0.1, -0.05) is 0 Å². The molecule has 2 rings (SSSR count).